The smallest absolute Gasteiger partial charge is 0.340 e. The summed E-state index contributed by atoms with van der Waals surface area (Å²) in [6.45, 7) is 2.60. The maximum atomic E-state index is 12.1. The van der Waals surface area contributed by atoms with Crippen LogP contribution in [0, 0.1) is 0 Å². The van der Waals surface area contributed by atoms with Crippen molar-refractivity contribution >= 4 is 11.8 Å². The summed E-state index contributed by atoms with van der Waals surface area (Å²) in [4.78, 5) is 25.1. The molecule has 1 unspecified atom stereocenters. The number of rotatable bonds is 4. The Morgan fingerprint density at radius 1 is 1.22 bits per heavy atom. The van der Waals surface area contributed by atoms with Gasteiger partial charge < -0.3 is 14.6 Å². The van der Waals surface area contributed by atoms with E-state index in [1.807, 2.05) is 65.2 Å². The van der Waals surface area contributed by atoms with Crippen LogP contribution in [0.5, 0.6) is 0 Å². The molecule has 3 rings (SSSR count). The maximum Gasteiger partial charge on any atom is 0.340 e. The van der Waals surface area contributed by atoms with E-state index in [4.69, 9.17) is 5.11 Å². The number of carbonyl (C=O) groups is 2. The molecule has 5 heteroatoms. The van der Waals surface area contributed by atoms with Crippen molar-refractivity contribution in [3.63, 3.8) is 0 Å². The number of carboxylic acids is 1. The summed E-state index contributed by atoms with van der Waals surface area (Å²) in [6.07, 6.45) is 5.60. The van der Waals surface area contributed by atoms with E-state index >= 15 is 0 Å². The Hall–Kier alpha value is -2.82. The highest BCUT2D eigenvalue weighted by Crippen LogP contribution is 2.31. The van der Waals surface area contributed by atoms with Crippen LogP contribution in [0.25, 0.3) is 5.69 Å². The third kappa shape index (κ3) is 2.90. The van der Waals surface area contributed by atoms with Crippen LogP contribution in [0.15, 0.2) is 60.6 Å². The zero-order valence-corrected chi connectivity index (χ0v) is 12.8. The molecule has 1 N–H and O–H groups in total. The van der Waals surface area contributed by atoms with Crippen LogP contribution >= 0.6 is 0 Å². The average Bonchev–Trinajstić information content (AvgIpc) is 3.09. The molecule has 0 saturated heterocycles. The van der Waals surface area contributed by atoms with Gasteiger partial charge in [0, 0.05) is 37.2 Å². The van der Waals surface area contributed by atoms with Gasteiger partial charge in [-0.15, -0.1) is 0 Å². The molecule has 0 amide bonds. The topological polar surface area (TPSA) is 62.5 Å². The van der Waals surface area contributed by atoms with E-state index in [0.717, 1.165) is 11.3 Å². The molecule has 1 aromatic heterocycles. The van der Waals surface area contributed by atoms with Crippen molar-refractivity contribution in [1.82, 2.24) is 9.47 Å². The molecule has 1 atom stereocenters. The van der Waals surface area contributed by atoms with E-state index in [2.05, 4.69) is 0 Å². The molecule has 1 aromatic carbocycles. The van der Waals surface area contributed by atoms with Crippen molar-refractivity contribution in [3.8, 4) is 5.69 Å². The molecule has 0 aliphatic carbocycles. The van der Waals surface area contributed by atoms with E-state index in [9.17, 15) is 9.59 Å². The summed E-state index contributed by atoms with van der Waals surface area (Å²) < 4.78 is 2.01. The molecule has 2 heterocycles. The fourth-order valence-electron chi connectivity index (χ4n) is 2.90. The van der Waals surface area contributed by atoms with E-state index in [1.54, 1.807) is 0 Å². The fraction of sp³-hybridized carbons (Fsp3) is 0.222. The summed E-state index contributed by atoms with van der Waals surface area (Å²) in [5.74, 6) is -1.48. The first-order chi connectivity index (χ1) is 11.1. The highest BCUT2D eigenvalue weighted by molar-refractivity contribution is 6.17. The van der Waals surface area contributed by atoms with Gasteiger partial charge in [-0.1, -0.05) is 12.1 Å². The molecule has 0 bridgehead atoms. The fourth-order valence-corrected chi connectivity index (χ4v) is 2.90. The Morgan fingerprint density at radius 2 is 1.87 bits per heavy atom. The summed E-state index contributed by atoms with van der Waals surface area (Å²) in [5, 5.41) is 9.10. The quantitative estimate of drug-likeness (QED) is 0.882. The van der Waals surface area contributed by atoms with Crippen molar-refractivity contribution in [2.45, 2.75) is 19.4 Å². The van der Waals surface area contributed by atoms with Crippen LogP contribution < -0.4 is 0 Å². The first-order valence-electron chi connectivity index (χ1n) is 7.57. The van der Waals surface area contributed by atoms with Crippen LogP contribution in [0.2, 0.25) is 0 Å². The number of benzene rings is 1. The lowest BCUT2D eigenvalue weighted by atomic mass is 9.93. The molecule has 0 spiro atoms. The van der Waals surface area contributed by atoms with Crippen LogP contribution in [-0.2, 0) is 9.59 Å². The number of hydrogen-bond donors (Lipinski definition) is 1. The predicted octanol–water partition coefficient (Wildman–Crippen LogP) is 2.78. The number of aromatic nitrogens is 1. The number of carboxylic acid groups (broad SMARTS) is 1. The molecular formula is C18H18N2O3. The molecule has 1 aliphatic rings. The zero-order valence-electron chi connectivity index (χ0n) is 12.8. The summed E-state index contributed by atoms with van der Waals surface area (Å²) >= 11 is 0. The lowest BCUT2D eigenvalue weighted by Gasteiger charge is -2.33. The Labute approximate surface area is 134 Å². The van der Waals surface area contributed by atoms with Gasteiger partial charge in [-0.3, -0.25) is 4.79 Å². The molecule has 118 valence electrons. The average molecular weight is 310 g/mol. The number of aliphatic carboxylic acids is 1. The molecule has 0 saturated carbocycles. The van der Waals surface area contributed by atoms with E-state index in [-0.39, 0.29) is 23.8 Å². The van der Waals surface area contributed by atoms with Crippen LogP contribution in [-0.4, -0.2) is 32.9 Å². The van der Waals surface area contributed by atoms with Crippen molar-refractivity contribution in [2.24, 2.45) is 0 Å². The summed E-state index contributed by atoms with van der Waals surface area (Å²) in [5.41, 5.74) is 1.93. The monoisotopic (exact) mass is 310 g/mol. The lowest BCUT2D eigenvalue weighted by molar-refractivity contribution is -0.135. The second-order valence-corrected chi connectivity index (χ2v) is 5.50. The van der Waals surface area contributed by atoms with Gasteiger partial charge in [-0.25, -0.2) is 4.79 Å². The second kappa shape index (κ2) is 6.12. The predicted molar refractivity (Wildman–Crippen MR) is 86.2 cm³/mol. The van der Waals surface area contributed by atoms with Gasteiger partial charge in [0.05, 0.1) is 6.04 Å². The van der Waals surface area contributed by atoms with Crippen molar-refractivity contribution in [2.75, 3.05) is 6.54 Å². The number of hydrogen-bond acceptors (Lipinski definition) is 3. The maximum absolute atomic E-state index is 12.1. The molecule has 23 heavy (non-hydrogen) atoms. The van der Waals surface area contributed by atoms with Gasteiger partial charge in [0.2, 0.25) is 0 Å². The Kier molecular flexibility index (Phi) is 4.02. The highest BCUT2D eigenvalue weighted by atomic mass is 16.4. The van der Waals surface area contributed by atoms with E-state index in [0.29, 0.717) is 6.54 Å². The molecule has 1 aliphatic heterocycles. The lowest BCUT2D eigenvalue weighted by Crippen LogP contribution is -2.33. The van der Waals surface area contributed by atoms with Crippen LogP contribution in [0.1, 0.15) is 24.9 Å². The van der Waals surface area contributed by atoms with Crippen LogP contribution in [0.3, 0.4) is 0 Å². The van der Waals surface area contributed by atoms with E-state index in [1.165, 1.54) is 6.20 Å². The first kappa shape index (κ1) is 15.1. The minimum absolute atomic E-state index is 0.116. The van der Waals surface area contributed by atoms with Gasteiger partial charge in [0.15, 0.2) is 5.78 Å². The molecular weight excluding hydrogens is 292 g/mol. The number of Topliss-reactive ketones (excluding diaryl/α,β-unsaturated/α-hetero) is 1. The largest absolute Gasteiger partial charge is 0.478 e. The van der Waals surface area contributed by atoms with Gasteiger partial charge in [-0.05, 0) is 36.8 Å². The minimum Gasteiger partial charge on any atom is -0.478 e. The molecule has 2 aromatic rings. The number of carbonyl (C=O) groups excluding carboxylic acids is 1. The Bertz CT molecular complexity index is 745. The number of nitrogens with zero attached hydrogens (tertiary/aromatic N) is 2. The van der Waals surface area contributed by atoms with Crippen molar-refractivity contribution < 1.29 is 14.7 Å². The zero-order chi connectivity index (χ0) is 16.4. The molecule has 0 fully saturated rings. The second-order valence-electron chi connectivity index (χ2n) is 5.50. The van der Waals surface area contributed by atoms with Gasteiger partial charge >= 0.3 is 5.97 Å². The molecule has 0 radical (unpaired) electrons. The Morgan fingerprint density at radius 3 is 2.43 bits per heavy atom. The summed E-state index contributed by atoms with van der Waals surface area (Å²) in [6, 6.07) is 11.8. The van der Waals surface area contributed by atoms with Gasteiger partial charge in [0.25, 0.3) is 0 Å². The van der Waals surface area contributed by atoms with Crippen molar-refractivity contribution in [3.05, 3.63) is 66.1 Å². The normalized spacial score (nSPS) is 18.0. The highest BCUT2D eigenvalue weighted by Gasteiger charge is 2.31. The third-order valence-electron chi connectivity index (χ3n) is 4.15. The van der Waals surface area contributed by atoms with Crippen molar-refractivity contribution in [1.29, 1.82) is 0 Å². The number of ketones is 1. The standard InChI is InChI=1S/C18H18N2O3/c1-2-19-12-15(18(22)23)17(21)11-16(19)13-5-7-14(8-6-13)20-9-3-4-10-20/h3-10,12,16H,2,11H2,1H3,(H,22,23). The summed E-state index contributed by atoms with van der Waals surface area (Å²) in [7, 11) is 0. The van der Waals surface area contributed by atoms with Gasteiger partial charge in [0.1, 0.15) is 5.57 Å². The minimum atomic E-state index is -1.16. The third-order valence-corrected chi connectivity index (χ3v) is 4.15. The first-order valence-corrected chi connectivity index (χ1v) is 7.57. The van der Waals surface area contributed by atoms with E-state index < -0.39 is 5.97 Å². The van der Waals surface area contributed by atoms with Crippen LogP contribution in [0.4, 0.5) is 0 Å². The van der Waals surface area contributed by atoms with Gasteiger partial charge in [-0.2, -0.15) is 0 Å². The Balaban J connectivity index is 1.89. The molecule has 5 nitrogen and oxygen atoms in total. The SMILES string of the molecule is CCN1C=C(C(=O)O)C(=O)CC1c1ccc(-n2cccc2)cc1.